The Labute approximate surface area is 158 Å². The van der Waals surface area contributed by atoms with Gasteiger partial charge in [-0.25, -0.2) is 12.8 Å². The molecule has 6 nitrogen and oxygen atoms in total. The fourth-order valence-corrected chi connectivity index (χ4v) is 4.36. The lowest BCUT2D eigenvalue weighted by Crippen LogP contribution is -2.53. The van der Waals surface area contributed by atoms with Gasteiger partial charge in [0.05, 0.1) is 4.90 Å². The zero-order chi connectivity index (χ0) is 19.4. The highest BCUT2D eigenvalue weighted by atomic mass is 32.2. The van der Waals surface area contributed by atoms with Gasteiger partial charge in [-0.05, 0) is 43.3 Å². The molecule has 3 rings (SSSR count). The van der Waals surface area contributed by atoms with E-state index in [4.69, 9.17) is 4.74 Å². The molecule has 0 radical (unpaired) electrons. The molecule has 27 heavy (non-hydrogen) atoms. The van der Waals surface area contributed by atoms with E-state index in [-0.39, 0.29) is 29.7 Å². The van der Waals surface area contributed by atoms with Crippen molar-refractivity contribution in [1.82, 2.24) is 9.21 Å². The molecule has 1 atom stereocenters. The number of piperazine rings is 1. The van der Waals surface area contributed by atoms with Gasteiger partial charge >= 0.3 is 0 Å². The molecule has 144 valence electrons. The van der Waals surface area contributed by atoms with Gasteiger partial charge in [0.2, 0.25) is 10.0 Å². The Morgan fingerprint density at radius 3 is 2.19 bits per heavy atom. The largest absolute Gasteiger partial charge is 0.481 e. The Balaban J connectivity index is 1.58. The fraction of sp³-hybridized carbons (Fsp3) is 0.316. The van der Waals surface area contributed by atoms with Crippen molar-refractivity contribution in [3.8, 4) is 5.75 Å². The van der Waals surface area contributed by atoms with Gasteiger partial charge in [0.15, 0.2) is 6.10 Å². The molecule has 1 unspecified atom stereocenters. The Morgan fingerprint density at radius 2 is 1.59 bits per heavy atom. The van der Waals surface area contributed by atoms with E-state index in [9.17, 15) is 17.6 Å². The maximum Gasteiger partial charge on any atom is 0.263 e. The quantitative estimate of drug-likeness (QED) is 0.782. The Hall–Kier alpha value is -2.45. The molecule has 0 aliphatic carbocycles. The first-order valence-corrected chi connectivity index (χ1v) is 10.1. The van der Waals surface area contributed by atoms with Gasteiger partial charge in [-0.1, -0.05) is 18.2 Å². The molecule has 0 aromatic heterocycles. The molecule has 8 heteroatoms. The Morgan fingerprint density at radius 1 is 1.00 bits per heavy atom. The second-order valence-corrected chi connectivity index (χ2v) is 8.19. The van der Waals surface area contributed by atoms with E-state index in [0.29, 0.717) is 18.8 Å². The number of amides is 1. The highest BCUT2D eigenvalue weighted by molar-refractivity contribution is 7.89. The van der Waals surface area contributed by atoms with E-state index in [1.165, 1.54) is 28.6 Å². The topological polar surface area (TPSA) is 66.9 Å². The minimum atomic E-state index is -3.56. The standard InChI is InChI=1S/C19H21FN2O4S/c1-15(26-17-9-7-16(20)8-10-17)19(23)21-11-13-22(14-12-21)27(24,25)18-5-3-2-4-6-18/h2-10,15H,11-14H2,1H3. The second kappa shape index (κ2) is 8.06. The average molecular weight is 392 g/mol. The first kappa shape index (κ1) is 19.3. The summed E-state index contributed by atoms with van der Waals surface area (Å²) in [5.41, 5.74) is 0. The van der Waals surface area contributed by atoms with E-state index >= 15 is 0 Å². The summed E-state index contributed by atoms with van der Waals surface area (Å²) in [7, 11) is -3.56. The summed E-state index contributed by atoms with van der Waals surface area (Å²) in [6.45, 7) is 2.67. The van der Waals surface area contributed by atoms with Crippen LogP contribution in [0.25, 0.3) is 0 Å². The zero-order valence-corrected chi connectivity index (χ0v) is 15.7. The smallest absolute Gasteiger partial charge is 0.263 e. The van der Waals surface area contributed by atoms with Crippen molar-refractivity contribution in [2.45, 2.75) is 17.9 Å². The summed E-state index contributed by atoms with van der Waals surface area (Å²) >= 11 is 0. The van der Waals surface area contributed by atoms with Crippen molar-refractivity contribution in [2.24, 2.45) is 0 Å². The highest BCUT2D eigenvalue weighted by Gasteiger charge is 2.31. The number of nitrogens with zero attached hydrogens (tertiary/aromatic N) is 2. The van der Waals surface area contributed by atoms with Crippen molar-refractivity contribution in [1.29, 1.82) is 0 Å². The summed E-state index contributed by atoms with van der Waals surface area (Å²) in [6.07, 6.45) is -0.743. The van der Waals surface area contributed by atoms with Crippen LogP contribution in [0.2, 0.25) is 0 Å². The fourth-order valence-electron chi connectivity index (χ4n) is 2.92. The number of hydrogen-bond acceptors (Lipinski definition) is 4. The van der Waals surface area contributed by atoms with Crippen molar-refractivity contribution < 1.29 is 22.3 Å². The lowest BCUT2D eigenvalue weighted by atomic mass is 10.2. The highest BCUT2D eigenvalue weighted by Crippen LogP contribution is 2.18. The maximum absolute atomic E-state index is 12.9. The number of benzene rings is 2. The van der Waals surface area contributed by atoms with Gasteiger partial charge < -0.3 is 9.64 Å². The van der Waals surface area contributed by atoms with Crippen molar-refractivity contribution in [3.63, 3.8) is 0 Å². The van der Waals surface area contributed by atoms with Crippen LogP contribution in [0.15, 0.2) is 59.5 Å². The normalized spacial score (nSPS) is 16.7. The molecule has 0 saturated carbocycles. The van der Waals surface area contributed by atoms with Crippen molar-refractivity contribution >= 4 is 15.9 Å². The van der Waals surface area contributed by atoms with Crippen LogP contribution in [0.5, 0.6) is 5.75 Å². The number of sulfonamides is 1. The molecule has 1 amide bonds. The maximum atomic E-state index is 12.9. The second-order valence-electron chi connectivity index (χ2n) is 6.26. The van der Waals surface area contributed by atoms with Gasteiger partial charge in [-0.3, -0.25) is 4.79 Å². The van der Waals surface area contributed by atoms with Crippen LogP contribution in [0, 0.1) is 5.82 Å². The number of rotatable bonds is 5. The van der Waals surface area contributed by atoms with E-state index in [0.717, 1.165) is 0 Å². The van der Waals surface area contributed by atoms with Crippen LogP contribution in [0.4, 0.5) is 4.39 Å². The molecule has 1 heterocycles. The van der Waals surface area contributed by atoms with Gasteiger partial charge in [0.1, 0.15) is 11.6 Å². The average Bonchev–Trinajstić information content (AvgIpc) is 2.70. The Bertz CT molecular complexity index is 880. The van der Waals surface area contributed by atoms with Crippen LogP contribution in [-0.4, -0.2) is 55.8 Å². The molecular formula is C19H21FN2O4S. The third-order valence-electron chi connectivity index (χ3n) is 4.41. The number of carbonyl (C=O) groups is 1. The number of hydrogen-bond donors (Lipinski definition) is 0. The molecule has 0 bridgehead atoms. The van der Waals surface area contributed by atoms with Gasteiger partial charge in [0.25, 0.3) is 5.91 Å². The Kier molecular flexibility index (Phi) is 5.76. The molecule has 2 aromatic carbocycles. The predicted molar refractivity (Wildman–Crippen MR) is 98.3 cm³/mol. The monoisotopic (exact) mass is 392 g/mol. The first-order valence-electron chi connectivity index (χ1n) is 8.64. The predicted octanol–water partition coefficient (Wildman–Crippen LogP) is 2.13. The number of halogens is 1. The number of ether oxygens (including phenoxy) is 1. The van der Waals surface area contributed by atoms with Crippen LogP contribution in [0.3, 0.4) is 0 Å². The van der Waals surface area contributed by atoms with E-state index < -0.39 is 16.1 Å². The summed E-state index contributed by atoms with van der Waals surface area (Å²) in [5.74, 6) is -0.198. The van der Waals surface area contributed by atoms with Gasteiger partial charge in [0, 0.05) is 26.2 Å². The number of carbonyl (C=O) groups excluding carboxylic acids is 1. The lowest BCUT2D eigenvalue weighted by molar-refractivity contribution is -0.139. The summed E-state index contributed by atoms with van der Waals surface area (Å²) in [5, 5.41) is 0. The summed E-state index contributed by atoms with van der Waals surface area (Å²) < 4.78 is 45.2. The third kappa shape index (κ3) is 4.45. The minimum Gasteiger partial charge on any atom is -0.481 e. The first-order chi connectivity index (χ1) is 12.9. The summed E-state index contributed by atoms with van der Waals surface area (Å²) in [6, 6.07) is 13.7. The minimum absolute atomic E-state index is 0.226. The van der Waals surface area contributed by atoms with Crippen LogP contribution < -0.4 is 4.74 Å². The van der Waals surface area contributed by atoms with Crippen molar-refractivity contribution in [2.75, 3.05) is 26.2 Å². The van der Waals surface area contributed by atoms with E-state index in [1.807, 2.05) is 0 Å². The molecule has 2 aromatic rings. The van der Waals surface area contributed by atoms with Crippen LogP contribution in [0.1, 0.15) is 6.92 Å². The SMILES string of the molecule is CC(Oc1ccc(F)cc1)C(=O)N1CCN(S(=O)(=O)c2ccccc2)CC1. The molecule has 0 spiro atoms. The summed E-state index contributed by atoms with van der Waals surface area (Å²) in [4.78, 5) is 14.4. The molecule has 1 saturated heterocycles. The molecule has 1 aliphatic heterocycles. The van der Waals surface area contributed by atoms with Crippen LogP contribution >= 0.6 is 0 Å². The lowest BCUT2D eigenvalue weighted by Gasteiger charge is -2.35. The third-order valence-corrected chi connectivity index (χ3v) is 6.32. The van der Waals surface area contributed by atoms with E-state index in [1.54, 1.807) is 42.2 Å². The molecule has 1 fully saturated rings. The van der Waals surface area contributed by atoms with Gasteiger partial charge in [-0.2, -0.15) is 4.31 Å². The zero-order valence-electron chi connectivity index (χ0n) is 14.9. The molecule has 0 N–H and O–H groups in total. The molecular weight excluding hydrogens is 371 g/mol. The van der Waals surface area contributed by atoms with Crippen molar-refractivity contribution in [3.05, 3.63) is 60.4 Å². The van der Waals surface area contributed by atoms with E-state index in [2.05, 4.69) is 0 Å². The molecule has 1 aliphatic rings. The van der Waals surface area contributed by atoms with Gasteiger partial charge in [-0.15, -0.1) is 0 Å². The van der Waals surface area contributed by atoms with Crippen LogP contribution in [-0.2, 0) is 14.8 Å².